The molecule has 0 unspecified atom stereocenters. The van der Waals surface area contributed by atoms with Crippen LogP contribution < -0.4 is 15.4 Å². The number of aliphatic imine (C=N–C) groups is 1. The van der Waals surface area contributed by atoms with Gasteiger partial charge in [0.1, 0.15) is 5.75 Å². The SMILES string of the molecule is CCNC(=NCc1ccc(C)cc1OCC1CC1)NCc1cn2ccsc2n1. The van der Waals surface area contributed by atoms with Gasteiger partial charge in [-0.2, -0.15) is 0 Å². The van der Waals surface area contributed by atoms with E-state index in [1.165, 1.54) is 18.4 Å². The number of nitrogens with zero attached hydrogens (tertiary/aromatic N) is 3. The van der Waals surface area contributed by atoms with Gasteiger partial charge in [-0.15, -0.1) is 11.3 Å². The molecule has 2 aromatic heterocycles. The van der Waals surface area contributed by atoms with E-state index in [0.717, 1.165) is 47.0 Å². The third-order valence-corrected chi connectivity index (χ3v) is 5.50. The van der Waals surface area contributed by atoms with E-state index in [4.69, 9.17) is 9.73 Å². The third-order valence-electron chi connectivity index (χ3n) is 4.73. The molecule has 2 heterocycles. The first kappa shape index (κ1) is 18.8. The van der Waals surface area contributed by atoms with Crippen LogP contribution in [0.5, 0.6) is 5.75 Å². The molecule has 0 saturated heterocycles. The molecule has 1 aliphatic carbocycles. The van der Waals surface area contributed by atoms with Crippen molar-refractivity contribution in [2.24, 2.45) is 10.9 Å². The Morgan fingerprint density at radius 2 is 2.25 bits per heavy atom. The summed E-state index contributed by atoms with van der Waals surface area (Å²) in [5.74, 6) is 2.48. The molecule has 6 nitrogen and oxygen atoms in total. The molecule has 3 aromatic rings. The molecular formula is C21H27N5OS. The van der Waals surface area contributed by atoms with E-state index in [-0.39, 0.29) is 0 Å². The minimum absolute atomic E-state index is 0.577. The van der Waals surface area contributed by atoms with E-state index >= 15 is 0 Å². The number of thiazole rings is 1. The van der Waals surface area contributed by atoms with Gasteiger partial charge in [-0.05, 0) is 44.2 Å². The molecule has 2 N–H and O–H groups in total. The first-order valence-electron chi connectivity index (χ1n) is 9.87. The number of fused-ring (bicyclic) bond motifs is 1. The van der Waals surface area contributed by atoms with Gasteiger partial charge in [0.05, 0.1) is 25.4 Å². The average molecular weight is 398 g/mol. The lowest BCUT2D eigenvalue weighted by Gasteiger charge is -2.13. The number of nitrogens with one attached hydrogen (secondary N) is 2. The Labute approximate surface area is 169 Å². The number of hydrogen-bond donors (Lipinski definition) is 2. The highest BCUT2D eigenvalue weighted by Gasteiger charge is 2.22. The van der Waals surface area contributed by atoms with Gasteiger partial charge in [0.25, 0.3) is 0 Å². The van der Waals surface area contributed by atoms with Crippen LogP contribution in [-0.2, 0) is 13.1 Å². The molecule has 0 aliphatic heterocycles. The van der Waals surface area contributed by atoms with Crippen LogP contribution in [-0.4, -0.2) is 28.5 Å². The zero-order chi connectivity index (χ0) is 19.3. The number of benzene rings is 1. The number of guanidine groups is 1. The normalized spacial score (nSPS) is 14.4. The maximum absolute atomic E-state index is 6.07. The van der Waals surface area contributed by atoms with Gasteiger partial charge in [-0.25, -0.2) is 9.98 Å². The van der Waals surface area contributed by atoms with Gasteiger partial charge in [0.15, 0.2) is 10.9 Å². The molecule has 7 heteroatoms. The molecule has 1 aromatic carbocycles. The van der Waals surface area contributed by atoms with Crippen molar-refractivity contribution in [3.63, 3.8) is 0 Å². The lowest BCUT2D eigenvalue weighted by atomic mass is 10.1. The number of imidazole rings is 1. The van der Waals surface area contributed by atoms with Crippen molar-refractivity contribution in [3.8, 4) is 5.75 Å². The summed E-state index contributed by atoms with van der Waals surface area (Å²) in [6, 6.07) is 6.35. The summed E-state index contributed by atoms with van der Waals surface area (Å²) < 4.78 is 8.11. The largest absolute Gasteiger partial charge is 0.493 e. The lowest BCUT2D eigenvalue weighted by Crippen LogP contribution is -2.36. The van der Waals surface area contributed by atoms with Crippen molar-refractivity contribution in [3.05, 3.63) is 52.8 Å². The van der Waals surface area contributed by atoms with Crippen LogP contribution in [0.15, 0.2) is 41.0 Å². The maximum Gasteiger partial charge on any atom is 0.193 e. The van der Waals surface area contributed by atoms with E-state index in [0.29, 0.717) is 13.1 Å². The summed E-state index contributed by atoms with van der Waals surface area (Å²) in [6.07, 6.45) is 6.65. The summed E-state index contributed by atoms with van der Waals surface area (Å²) >= 11 is 1.64. The molecular weight excluding hydrogens is 370 g/mol. The highest BCUT2D eigenvalue weighted by atomic mass is 32.1. The van der Waals surface area contributed by atoms with E-state index in [9.17, 15) is 0 Å². The maximum atomic E-state index is 6.07. The van der Waals surface area contributed by atoms with E-state index < -0.39 is 0 Å². The highest BCUT2D eigenvalue weighted by molar-refractivity contribution is 7.15. The Morgan fingerprint density at radius 1 is 1.36 bits per heavy atom. The number of aryl methyl sites for hydroxylation is 1. The second-order valence-corrected chi connectivity index (χ2v) is 8.11. The third kappa shape index (κ3) is 4.84. The molecule has 0 atom stereocenters. The Morgan fingerprint density at radius 3 is 3.04 bits per heavy atom. The van der Waals surface area contributed by atoms with Crippen LogP contribution in [0.4, 0.5) is 0 Å². The van der Waals surface area contributed by atoms with Gasteiger partial charge in [-0.3, -0.25) is 4.40 Å². The summed E-state index contributed by atoms with van der Waals surface area (Å²) in [6.45, 7) is 7.00. The fourth-order valence-electron chi connectivity index (χ4n) is 2.96. The Hall–Kier alpha value is -2.54. The molecule has 1 saturated carbocycles. The smallest absolute Gasteiger partial charge is 0.193 e. The topological polar surface area (TPSA) is 63.0 Å². The van der Waals surface area contributed by atoms with Crippen LogP contribution in [0.25, 0.3) is 4.96 Å². The molecule has 4 rings (SSSR count). The predicted octanol–water partition coefficient (Wildman–Crippen LogP) is 3.75. The second kappa shape index (κ2) is 8.65. The zero-order valence-electron chi connectivity index (χ0n) is 16.4. The van der Waals surface area contributed by atoms with Crippen LogP contribution in [0.1, 0.15) is 36.6 Å². The van der Waals surface area contributed by atoms with Crippen molar-refractivity contribution in [2.45, 2.75) is 39.8 Å². The van der Waals surface area contributed by atoms with Gasteiger partial charge in [0, 0.05) is 29.9 Å². The van der Waals surface area contributed by atoms with Gasteiger partial charge >= 0.3 is 0 Å². The summed E-state index contributed by atoms with van der Waals surface area (Å²) in [4.78, 5) is 10.4. The quantitative estimate of drug-likeness (QED) is 0.449. The van der Waals surface area contributed by atoms with Gasteiger partial charge < -0.3 is 15.4 Å². The van der Waals surface area contributed by atoms with E-state index in [1.807, 2.05) is 22.2 Å². The van der Waals surface area contributed by atoms with Crippen molar-refractivity contribution < 1.29 is 4.74 Å². The second-order valence-electron chi connectivity index (χ2n) is 7.24. The Balaban J connectivity index is 1.41. The van der Waals surface area contributed by atoms with Crippen molar-refractivity contribution in [1.29, 1.82) is 0 Å². The van der Waals surface area contributed by atoms with Crippen molar-refractivity contribution >= 4 is 22.3 Å². The average Bonchev–Trinajstić information content (AvgIpc) is 3.28. The Bertz CT molecular complexity index is 928. The number of hydrogen-bond acceptors (Lipinski definition) is 4. The molecule has 0 radical (unpaired) electrons. The van der Waals surface area contributed by atoms with E-state index in [2.05, 4.69) is 47.7 Å². The van der Waals surface area contributed by atoms with Crippen molar-refractivity contribution in [1.82, 2.24) is 20.0 Å². The molecule has 28 heavy (non-hydrogen) atoms. The number of ether oxygens (including phenoxy) is 1. The van der Waals surface area contributed by atoms with Gasteiger partial charge in [-0.1, -0.05) is 12.1 Å². The monoisotopic (exact) mass is 397 g/mol. The zero-order valence-corrected chi connectivity index (χ0v) is 17.3. The predicted molar refractivity (Wildman–Crippen MR) is 114 cm³/mol. The standard InChI is InChI=1S/C21H27N5OS/c1-3-22-20(24-12-18-13-26-8-9-28-21(26)25-18)23-11-17-7-4-15(2)10-19(17)27-14-16-5-6-16/h4,7-10,13,16H,3,5-6,11-12,14H2,1-2H3,(H2,22,23,24). The lowest BCUT2D eigenvalue weighted by molar-refractivity contribution is 0.296. The molecule has 148 valence electrons. The van der Waals surface area contributed by atoms with Crippen LogP contribution in [0, 0.1) is 12.8 Å². The number of rotatable bonds is 8. The Kier molecular flexibility index (Phi) is 5.81. The first-order chi connectivity index (χ1) is 13.7. The van der Waals surface area contributed by atoms with E-state index in [1.54, 1.807) is 11.3 Å². The van der Waals surface area contributed by atoms with Crippen LogP contribution in [0.2, 0.25) is 0 Å². The molecule has 1 aliphatic rings. The molecule has 0 amide bonds. The van der Waals surface area contributed by atoms with Gasteiger partial charge in [0.2, 0.25) is 0 Å². The molecule has 0 spiro atoms. The minimum Gasteiger partial charge on any atom is -0.493 e. The minimum atomic E-state index is 0.577. The summed E-state index contributed by atoms with van der Waals surface area (Å²) in [7, 11) is 0. The fourth-order valence-corrected chi connectivity index (χ4v) is 3.68. The summed E-state index contributed by atoms with van der Waals surface area (Å²) in [5, 5.41) is 8.72. The molecule has 0 bridgehead atoms. The van der Waals surface area contributed by atoms with Crippen molar-refractivity contribution in [2.75, 3.05) is 13.2 Å². The fraction of sp³-hybridized carbons (Fsp3) is 0.429. The highest BCUT2D eigenvalue weighted by Crippen LogP contribution is 2.31. The molecule has 1 fully saturated rings. The van der Waals surface area contributed by atoms with Crippen LogP contribution in [0.3, 0.4) is 0 Å². The first-order valence-corrected chi connectivity index (χ1v) is 10.7. The summed E-state index contributed by atoms with van der Waals surface area (Å²) in [5.41, 5.74) is 3.33. The number of aromatic nitrogens is 2. The van der Waals surface area contributed by atoms with Crippen LogP contribution >= 0.6 is 11.3 Å².